The van der Waals surface area contributed by atoms with E-state index in [-0.39, 0.29) is 0 Å². The minimum absolute atomic E-state index is 0.454. The second kappa shape index (κ2) is 4.46. The van der Waals surface area contributed by atoms with E-state index in [4.69, 9.17) is 0 Å². The lowest BCUT2D eigenvalue weighted by Gasteiger charge is -2.09. The van der Waals surface area contributed by atoms with Gasteiger partial charge in [-0.2, -0.15) is 5.10 Å². The molecule has 2 rings (SSSR count). The van der Waals surface area contributed by atoms with Crippen LogP contribution in [0.2, 0.25) is 0 Å². The number of rotatable bonds is 4. The third-order valence-electron chi connectivity index (χ3n) is 2.08. The molecule has 0 amide bonds. The summed E-state index contributed by atoms with van der Waals surface area (Å²) in [6.07, 6.45) is 3.16. The van der Waals surface area contributed by atoms with E-state index >= 15 is 0 Å². The molecule has 2 heterocycles. The van der Waals surface area contributed by atoms with Crippen LogP contribution in [0.1, 0.15) is 11.0 Å². The minimum Gasteiger partial charge on any atom is -0.386 e. The fraction of sp³-hybridized carbons (Fsp3) is 0.300. The quantitative estimate of drug-likeness (QED) is 0.828. The van der Waals surface area contributed by atoms with E-state index in [2.05, 4.69) is 10.4 Å². The van der Waals surface area contributed by atoms with Crippen LogP contribution in [0, 0.1) is 0 Å². The number of hydrogen-bond acceptors (Lipinski definition) is 4. The summed E-state index contributed by atoms with van der Waals surface area (Å²) in [6.45, 7) is 0.506. The smallest absolute Gasteiger partial charge is 0.105 e. The van der Waals surface area contributed by atoms with Gasteiger partial charge in [0, 0.05) is 24.7 Å². The van der Waals surface area contributed by atoms with Crippen molar-refractivity contribution in [3.8, 4) is 0 Å². The van der Waals surface area contributed by atoms with Gasteiger partial charge in [-0.05, 0) is 11.4 Å². The summed E-state index contributed by atoms with van der Waals surface area (Å²) in [5.74, 6) is 0. The van der Waals surface area contributed by atoms with E-state index in [1.807, 2.05) is 30.8 Å². The van der Waals surface area contributed by atoms with Crippen LogP contribution in [-0.2, 0) is 7.05 Å². The van der Waals surface area contributed by atoms with Crippen molar-refractivity contribution < 1.29 is 5.11 Å². The summed E-state index contributed by atoms with van der Waals surface area (Å²) in [7, 11) is 1.86. The highest BCUT2D eigenvalue weighted by Gasteiger charge is 2.07. The van der Waals surface area contributed by atoms with Crippen LogP contribution in [-0.4, -0.2) is 21.4 Å². The van der Waals surface area contributed by atoms with Crippen molar-refractivity contribution in [3.05, 3.63) is 34.8 Å². The molecule has 5 heteroatoms. The molecule has 80 valence electrons. The number of nitrogens with one attached hydrogen (secondary N) is 1. The van der Waals surface area contributed by atoms with Gasteiger partial charge in [0.05, 0.1) is 11.9 Å². The number of aliphatic hydroxyl groups excluding tert-OH is 1. The third kappa shape index (κ3) is 2.57. The number of hydrogen-bond donors (Lipinski definition) is 2. The molecule has 0 aromatic carbocycles. The predicted octanol–water partition coefficient (Wildman–Crippen LogP) is 1.63. The Balaban J connectivity index is 1.88. The van der Waals surface area contributed by atoms with Crippen molar-refractivity contribution in [3.63, 3.8) is 0 Å². The summed E-state index contributed by atoms with van der Waals surface area (Å²) < 4.78 is 1.72. The van der Waals surface area contributed by atoms with Crippen LogP contribution in [0.25, 0.3) is 0 Å². The molecule has 0 fully saturated rings. The first-order chi connectivity index (χ1) is 7.25. The van der Waals surface area contributed by atoms with E-state index in [0.717, 1.165) is 10.6 Å². The fourth-order valence-electron chi connectivity index (χ4n) is 1.31. The molecule has 0 saturated carbocycles. The SMILES string of the molecule is Cn1cc(NCC(O)c2cccs2)cn1. The topological polar surface area (TPSA) is 50.1 Å². The molecule has 0 aliphatic rings. The van der Waals surface area contributed by atoms with Gasteiger partial charge in [0.15, 0.2) is 0 Å². The zero-order chi connectivity index (χ0) is 10.7. The molecular weight excluding hydrogens is 210 g/mol. The molecule has 2 aromatic rings. The van der Waals surface area contributed by atoms with Crippen LogP contribution in [0.4, 0.5) is 5.69 Å². The molecular formula is C10H13N3OS. The van der Waals surface area contributed by atoms with Crippen molar-refractivity contribution in [1.82, 2.24) is 9.78 Å². The number of aliphatic hydroxyl groups is 1. The molecule has 0 radical (unpaired) electrons. The molecule has 1 atom stereocenters. The summed E-state index contributed by atoms with van der Waals surface area (Å²) in [6, 6.07) is 3.87. The van der Waals surface area contributed by atoms with Crippen LogP contribution in [0.3, 0.4) is 0 Å². The number of anilines is 1. The van der Waals surface area contributed by atoms with Crippen molar-refractivity contribution in [2.75, 3.05) is 11.9 Å². The highest BCUT2D eigenvalue weighted by molar-refractivity contribution is 7.10. The van der Waals surface area contributed by atoms with Crippen molar-refractivity contribution in [2.24, 2.45) is 7.05 Å². The van der Waals surface area contributed by atoms with Gasteiger partial charge in [0.1, 0.15) is 6.10 Å². The second-order valence-corrected chi connectivity index (χ2v) is 4.29. The van der Waals surface area contributed by atoms with E-state index in [1.54, 1.807) is 22.2 Å². The second-order valence-electron chi connectivity index (χ2n) is 3.31. The summed E-state index contributed by atoms with van der Waals surface area (Å²) in [5.41, 5.74) is 0.924. The predicted molar refractivity (Wildman–Crippen MR) is 61.0 cm³/mol. The molecule has 0 aliphatic heterocycles. The summed E-state index contributed by atoms with van der Waals surface area (Å²) >= 11 is 1.56. The number of aryl methyl sites for hydroxylation is 1. The maximum absolute atomic E-state index is 9.80. The lowest BCUT2D eigenvalue weighted by atomic mass is 10.3. The van der Waals surface area contributed by atoms with Crippen LogP contribution in [0.5, 0.6) is 0 Å². The molecule has 1 unspecified atom stereocenters. The Hall–Kier alpha value is -1.33. The lowest BCUT2D eigenvalue weighted by Crippen LogP contribution is -2.10. The zero-order valence-corrected chi connectivity index (χ0v) is 9.24. The van der Waals surface area contributed by atoms with Crippen LogP contribution in [0.15, 0.2) is 29.9 Å². The molecule has 2 aromatic heterocycles. The molecule has 0 aliphatic carbocycles. The molecule has 0 saturated heterocycles. The summed E-state index contributed by atoms with van der Waals surface area (Å²) in [4.78, 5) is 0.978. The van der Waals surface area contributed by atoms with Gasteiger partial charge in [0.25, 0.3) is 0 Å². The summed E-state index contributed by atoms with van der Waals surface area (Å²) in [5, 5.41) is 18.9. The molecule has 0 spiro atoms. The lowest BCUT2D eigenvalue weighted by molar-refractivity contribution is 0.195. The normalized spacial score (nSPS) is 12.7. The van der Waals surface area contributed by atoms with Gasteiger partial charge in [-0.15, -0.1) is 11.3 Å². The van der Waals surface area contributed by atoms with Crippen molar-refractivity contribution in [2.45, 2.75) is 6.10 Å². The van der Waals surface area contributed by atoms with Gasteiger partial charge in [0.2, 0.25) is 0 Å². The zero-order valence-electron chi connectivity index (χ0n) is 8.42. The van der Waals surface area contributed by atoms with Gasteiger partial charge in [-0.3, -0.25) is 4.68 Å². The first-order valence-corrected chi connectivity index (χ1v) is 5.57. The standard InChI is InChI=1S/C10H13N3OS/c1-13-7-8(5-12-13)11-6-9(14)10-3-2-4-15-10/h2-5,7,9,11,14H,6H2,1H3. The highest BCUT2D eigenvalue weighted by atomic mass is 32.1. The van der Waals surface area contributed by atoms with Gasteiger partial charge in [-0.1, -0.05) is 6.07 Å². The Labute approximate surface area is 92.2 Å². The number of aromatic nitrogens is 2. The Morgan fingerprint density at radius 2 is 2.53 bits per heavy atom. The number of thiophene rings is 1. The van der Waals surface area contributed by atoms with Gasteiger partial charge >= 0.3 is 0 Å². The molecule has 4 nitrogen and oxygen atoms in total. The van der Waals surface area contributed by atoms with Gasteiger partial charge in [-0.25, -0.2) is 0 Å². The largest absolute Gasteiger partial charge is 0.386 e. The van der Waals surface area contributed by atoms with Crippen molar-refractivity contribution in [1.29, 1.82) is 0 Å². The monoisotopic (exact) mass is 223 g/mol. The molecule has 0 bridgehead atoms. The first-order valence-electron chi connectivity index (χ1n) is 4.69. The molecule has 15 heavy (non-hydrogen) atoms. The minimum atomic E-state index is -0.454. The van der Waals surface area contributed by atoms with E-state index in [1.165, 1.54) is 0 Å². The average Bonchev–Trinajstić information content (AvgIpc) is 2.84. The van der Waals surface area contributed by atoms with Gasteiger partial charge < -0.3 is 10.4 Å². The van der Waals surface area contributed by atoms with Crippen LogP contribution < -0.4 is 5.32 Å². The highest BCUT2D eigenvalue weighted by Crippen LogP contribution is 2.19. The number of nitrogens with zero attached hydrogens (tertiary/aromatic N) is 2. The average molecular weight is 223 g/mol. The Morgan fingerprint density at radius 1 is 1.67 bits per heavy atom. The maximum atomic E-state index is 9.80. The Bertz CT molecular complexity index is 410. The van der Waals surface area contributed by atoms with Crippen LogP contribution >= 0.6 is 11.3 Å². The van der Waals surface area contributed by atoms with E-state index < -0.39 is 6.10 Å². The first kappa shape index (κ1) is 10.2. The maximum Gasteiger partial charge on any atom is 0.105 e. The van der Waals surface area contributed by atoms with E-state index in [9.17, 15) is 5.11 Å². The van der Waals surface area contributed by atoms with E-state index in [0.29, 0.717) is 6.54 Å². The van der Waals surface area contributed by atoms with Crippen molar-refractivity contribution >= 4 is 17.0 Å². The third-order valence-corrected chi connectivity index (χ3v) is 3.05. The Morgan fingerprint density at radius 3 is 3.13 bits per heavy atom. The molecule has 2 N–H and O–H groups in total. The Kier molecular flexibility index (Phi) is 3.03. The fourth-order valence-corrected chi connectivity index (χ4v) is 2.02.